The molecular weight excluding hydrogens is 350 g/mol. The number of carbonyl (C=O) groups is 2. The summed E-state index contributed by atoms with van der Waals surface area (Å²) in [5.41, 5.74) is 0.859. The van der Waals surface area contributed by atoms with E-state index in [1.54, 1.807) is 6.07 Å². The van der Waals surface area contributed by atoms with Crippen LogP contribution in [0.2, 0.25) is 0 Å². The molecule has 8 heteroatoms. The Labute approximate surface area is 143 Å². The predicted molar refractivity (Wildman–Crippen MR) is 88.5 cm³/mol. The maximum atomic E-state index is 14.1. The number of hydrogen-bond donors (Lipinski definition) is 1. The van der Waals surface area contributed by atoms with Crippen molar-refractivity contribution in [3.63, 3.8) is 0 Å². The minimum Gasteiger partial charge on any atom is -0.456 e. The summed E-state index contributed by atoms with van der Waals surface area (Å²) in [5.74, 6) is -1.60. The van der Waals surface area contributed by atoms with Gasteiger partial charge >= 0.3 is 0 Å². The maximum absolute atomic E-state index is 14.1. The number of fused-ring (bicyclic) bond motifs is 1. The normalized spacial score (nSPS) is 16.0. The molecule has 3 heterocycles. The first kappa shape index (κ1) is 15.5. The van der Waals surface area contributed by atoms with Gasteiger partial charge in [0.15, 0.2) is 0 Å². The number of benzene rings is 1. The van der Waals surface area contributed by atoms with Gasteiger partial charge in [-0.15, -0.1) is 0 Å². The highest BCUT2D eigenvalue weighted by molar-refractivity contribution is 8.18. The molecule has 5 nitrogen and oxygen atoms in total. The number of imide groups is 1. The fourth-order valence-corrected chi connectivity index (χ4v) is 3.17. The summed E-state index contributed by atoms with van der Waals surface area (Å²) >= 11 is 0.767. The first-order valence-corrected chi connectivity index (χ1v) is 7.91. The lowest BCUT2D eigenvalue weighted by Gasteiger charge is -2.03. The number of aromatic nitrogens is 1. The third kappa shape index (κ3) is 2.80. The number of carbonyl (C=O) groups excluding carboxylic acids is 2. The summed E-state index contributed by atoms with van der Waals surface area (Å²) in [5, 5.41) is 2.28. The number of rotatable bonds is 2. The molecule has 0 spiro atoms. The van der Waals surface area contributed by atoms with Gasteiger partial charge < -0.3 is 4.42 Å². The second-order valence-electron chi connectivity index (χ2n) is 5.23. The molecule has 0 radical (unpaired) electrons. The van der Waals surface area contributed by atoms with E-state index in [4.69, 9.17) is 4.42 Å². The fourth-order valence-electron chi connectivity index (χ4n) is 2.50. The lowest BCUT2D eigenvalue weighted by molar-refractivity contribution is -0.115. The smallest absolute Gasteiger partial charge is 0.290 e. The SMILES string of the molecule is O=C1NC(=O)C(=Cc2cc3cncc(-c4ccc(F)cc4F)c3o2)S1. The van der Waals surface area contributed by atoms with Crippen LogP contribution in [0.1, 0.15) is 5.76 Å². The van der Waals surface area contributed by atoms with Gasteiger partial charge in [0.25, 0.3) is 11.1 Å². The molecule has 124 valence electrons. The molecule has 25 heavy (non-hydrogen) atoms. The predicted octanol–water partition coefficient (Wildman–Crippen LogP) is 4.10. The van der Waals surface area contributed by atoms with E-state index in [0.717, 1.165) is 23.9 Å². The monoisotopic (exact) mass is 358 g/mol. The summed E-state index contributed by atoms with van der Waals surface area (Å²) < 4.78 is 32.9. The summed E-state index contributed by atoms with van der Waals surface area (Å²) in [7, 11) is 0. The zero-order valence-corrected chi connectivity index (χ0v) is 13.2. The van der Waals surface area contributed by atoms with Crippen molar-refractivity contribution in [3.8, 4) is 11.1 Å². The van der Waals surface area contributed by atoms with E-state index in [1.807, 2.05) is 0 Å². The molecular formula is C17H8F2N2O3S. The molecule has 0 aliphatic carbocycles. The van der Waals surface area contributed by atoms with Gasteiger partial charge in [-0.25, -0.2) is 8.78 Å². The van der Waals surface area contributed by atoms with E-state index in [0.29, 0.717) is 22.3 Å². The second-order valence-corrected chi connectivity index (χ2v) is 6.25. The summed E-state index contributed by atoms with van der Waals surface area (Å²) in [6, 6.07) is 4.86. The zero-order valence-electron chi connectivity index (χ0n) is 12.4. The minimum atomic E-state index is -0.734. The Kier molecular flexibility index (Phi) is 3.61. The largest absolute Gasteiger partial charge is 0.456 e. The average Bonchev–Trinajstić information content (AvgIpc) is 3.10. The highest BCUT2D eigenvalue weighted by atomic mass is 32.2. The van der Waals surface area contributed by atoms with Crippen LogP contribution >= 0.6 is 11.8 Å². The Morgan fingerprint density at radius 1 is 1.12 bits per heavy atom. The molecule has 1 fully saturated rings. The molecule has 1 aromatic carbocycles. The van der Waals surface area contributed by atoms with E-state index in [1.165, 1.54) is 24.5 Å². The van der Waals surface area contributed by atoms with E-state index in [9.17, 15) is 18.4 Å². The van der Waals surface area contributed by atoms with Crippen molar-refractivity contribution < 1.29 is 22.8 Å². The molecule has 0 unspecified atom stereocenters. The quantitative estimate of drug-likeness (QED) is 0.699. The molecule has 1 aliphatic rings. The Morgan fingerprint density at radius 3 is 2.68 bits per heavy atom. The topological polar surface area (TPSA) is 72.2 Å². The van der Waals surface area contributed by atoms with Gasteiger partial charge in [-0.05, 0) is 30.0 Å². The number of amides is 2. The number of thioether (sulfide) groups is 1. The minimum absolute atomic E-state index is 0.149. The van der Waals surface area contributed by atoms with Crippen molar-refractivity contribution in [1.82, 2.24) is 10.3 Å². The Balaban J connectivity index is 1.83. The molecule has 1 aliphatic heterocycles. The molecule has 0 bridgehead atoms. The number of nitrogens with one attached hydrogen (secondary N) is 1. The lowest BCUT2D eigenvalue weighted by Crippen LogP contribution is -2.17. The van der Waals surface area contributed by atoms with Crippen LogP contribution in [0, 0.1) is 11.6 Å². The number of halogens is 2. The third-order valence-electron chi connectivity index (χ3n) is 3.58. The molecule has 1 saturated heterocycles. The standard InChI is InChI=1S/C17H8F2N2O3S/c18-9-1-2-11(13(19)4-9)12-7-20-6-8-3-10(24-15(8)12)5-14-16(22)21-17(23)25-14/h1-7H,(H,21,22,23). The van der Waals surface area contributed by atoms with Crippen LogP contribution in [0.5, 0.6) is 0 Å². The Morgan fingerprint density at radius 2 is 1.96 bits per heavy atom. The first-order valence-electron chi connectivity index (χ1n) is 7.09. The number of nitrogens with zero attached hydrogens (tertiary/aromatic N) is 1. The Hall–Kier alpha value is -3.00. The van der Waals surface area contributed by atoms with Crippen molar-refractivity contribution in [2.24, 2.45) is 0 Å². The van der Waals surface area contributed by atoms with Crippen molar-refractivity contribution >= 4 is 40.0 Å². The van der Waals surface area contributed by atoms with E-state index >= 15 is 0 Å². The number of furan rings is 1. The molecule has 3 aromatic rings. The van der Waals surface area contributed by atoms with Crippen LogP contribution in [0.3, 0.4) is 0 Å². The van der Waals surface area contributed by atoms with Crippen LogP contribution in [0.15, 0.2) is 46.0 Å². The Bertz CT molecular complexity index is 1070. The molecule has 2 aromatic heterocycles. The molecule has 0 saturated carbocycles. The second kappa shape index (κ2) is 5.82. The summed E-state index contributed by atoms with van der Waals surface area (Å²) in [6.45, 7) is 0. The van der Waals surface area contributed by atoms with Crippen LogP contribution in [-0.4, -0.2) is 16.1 Å². The van der Waals surface area contributed by atoms with Crippen LogP contribution in [0.4, 0.5) is 13.6 Å². The van der Waals surface area contributed by atoms with E-state index in [-0.39, 0.29) is 10.5 Å². The average molecular weight is 358 g/mol. The molecule has 0 atom stereocenters. The summed E-state index contributed by atoms with van der Waals surface area (Å²) in [4.78, 5) is 27.1. The van der Waals surface area contributed by atoms with Crippen LogP contribution in [0.25, 0.3) is 28.2 Å². The van der Waals surface area contributed by atoms with Gasteiger partial charge in [0.1, 0.15) is 23.0 Å². The molecule has 2 amide bonds. The van der Waals surface area contributed by atoms with Gasteiger partial charge in [0.05, 0.1) is 4.91 Å². The third-order valence-corrected chi connectivity index (χ3v) is 4.39. The highest BCUT2D eigenvalue weighted by Crippen LogP contribution is 2.33. The maximum Gasteiger partial charge on any atom is 0.290 e. The highest BCUT2D eigenvalue weighted by Gasteiger charge is 2.25. The van der Waals surface area contributed by atoms with Crippen LogP contribution in [-0.2, 0) is 4.79 Å². The van der Waals surface area contributed by atoms with E-state index < -0.39 is 22.8 Å². The zero-order chi connectivity index (χ0) is 17.6. The van der Waals surface area contributed by atoms with Crippen molar-refractivity contribution in [2.75, 3.05) is 0 Å². The van der Waals surface area contributed by atoms with Gasteiger partial charge in [-0.1, -0.05) is 0 Å². The van der Waals surface area contributed by atoms with Gasteiger partial charge in [0, 0.05) is 41.0 Å². The molecule has 1 N–H and O–H groups in total. The van der Waals surface area contributed by atoms with Gasteiger partial charge in [0.2, 0.25) is 0 Å². The summed E-state index contributed by atoms with van der Waals surface area (Å²) in [6.07, 6.45) is 4.37. The van der Waals surface area contributed by atoms with Crippen molar-refractivity contribution in [1.29, 1.82) is 0 Å². The van der Waals surface area contributed by atoms with Crippen LogP contribution < -0.4 is 5.32 Å². The van der Waals surface area contributed by atoms with Gasteiger partial charge in [-0.2, -0.15) is 0 Å². The molecule has 4 rings (SSSR count). The first-order chi connectivity index (χ1) is 12.0. The van der Waals surface area contributed by atoms with E-state index in [2.05, 4.69) is 10.3 Å². The lowest BCUT2D eigenvalue weighted by atomic mass is 10.1. The van der Waals surface area contributed by atoms with Crippen molar-refractivity contribution in [2.45, 2.75) is 0 Å². The fraction of sp³-hybridized carbons (Fsp3) is 0. The van der Waals surface area contributed by atoms with Crippen molar-refractivity contribution in [3.05, 3.63) is 59.0 Å². The number of pyridine rings is 1. The van der Waals surface area contributed by atoms with Gasteiger partial charge in [-0.3, -0.25) is 19.9 Å². The number of hydrogen-bond acceptors (Lipinski definition) is 5.